The number of ether oxygens (including phenoxy) is 1. The Kier molecular flexibility index (Phi) is 3.94. The first-order valence-electron chi connectivity index (χ1n) is 6.42. The summed E-state index contributed by atoms with van der Waals surface area (Å²) in [7, 11) is 1.59. The highest BCUT2D eigenvalue weighted by Crippen LogP contribution is 2.13. The van der Waals surface area contributed by atoms with Crippen LogP contribution in [-0.4, -0.2) is 22.1 Å². The van der Waals surface area contributed by atoms with Crippen LogP contribution in [0.4, 0.5) is 0 Å². The average molecular weight is 302 g/mol. The Bertz CT molecular complexity index is 812. The number of thiophene rings is 1. The molecular weight excluding hydrogens is 288 g/mol. The maximum atomic E-state index is 11.8. The van der Waals surface area contributed by atoms with Gasteiger partial charge in [0.1, 0.15) is 10.5 Å². The summed E-state index contributed by atoms with van der Waals surface area (Å²) in [5, 5.41) is 5.11. The second kappa shape index (κ2) is 6.02. The molecule has 3 aromatic heterocycles. The molecule has 0 spiro atoms. The Hall–Kier alpha value is -2.25. The van der Waals surface area contributed by atoms with Gasteiger partial charge in [-0.25, -0.2) is 9.97 Å². The van der Waals surface area contributed by atoms with Gasteiger partial charge in [-0.3, -0.25) is 4.79 Å². The van der Waals surface area contributed by atoms with Crippen LogP contribution in [0.15, 0.2) is 34.6 Å². The Morgan fingerprint density at radius 3 is 3.14 bits per heavy atom. The van der Waals surface area contributed by atoms with Gasteiger partial charge in [-0.2, -0.15) is 0 Å². The van der Waals surface area contributed by atoms with Crippen LogP contribution in [0.5, 0.6) is 5.88 Å². The molecule has 108 valence electrons. The number of aromatic amines is 1. The zero-order valence-electron chi connectivity index (χ0n) is 11.4. The monoisotopic (exact) mass is 302 g/mol. The van der Waals surface area contributed by atoms with Gasteiger partial charge in [-0.1, -0.05) is 0 Å². The van der Waals surface area contributed by atoms with Crippen molar-refractivity contribution in [3.8, 4) is 5.88 Å². The van der Waals surface area contributed by atoms with Crippen LogP contribution in [-0.2, 0) is 13.1 Å². The quantitative estimate of drug-likeness (QED) is 0.749. The predicted molar refractivity (Wildman–Crippen MR) is 81.6 cm³/mol. The van der Waals surface area contributed by atoms with Gasteiger partial charge in [0.15, 0.2) is 0 Å². The standard InChI is InChI=1S/C14H14N4O2S/c1-20-12-6-9(2-4-16-12)7-15-8-11-17-10-3-5-21-13(10)14(19)18-11/h2-6,15H,7-8H2,1H3,(H,17,18,19). The molecule has 3 aromatic rings. The van der Waals surface area contributed by atoms with Crippen molar-refractivity contribution in [3.05, 3.63) is 51.5 Å². The predicted octanol–water partition coefficient (Wildman–Crippen LogP) is 1.68. The summed E-state index contributed by atoms with van der Waals surface area (Å²) in [5.41, 5.74) is 1.71. The zero-order chi connectivity index (χ0) is 14.7. The van der Waals surface area contributed by atoms with E-state index in [-0.39, 0.29) is 5.56 Å². The molecule has 0 unspecified atom stereocenters. The third-order valence-corrected chi connectivity index (χ3v) is 3.90. The van der Waals surface area contributed by atoms with E-state index >= 15 is 0 Å². The molecule has 0 atom stereocenters. The Morgan fingerprint density at radius 2 is 2.29 bits per heavy atom. The van der Waals surface area contributed by atoms with Crippen molar-refractivity contribution in [3.63, 3.8) is 0 Å². The van der Waals surface area contributed by atoms with E-state index in [1.807, 2.05) is 23.6 Å². The molecule has 0 fully saturated rings. The molecule has 0 radical (unpaired) electrons. The molecule has 0 bridgehead atoms. The number of rotatable bonds is 5. The van der Waals surface area contributed by atoms with E-state index in [9.17, 15) is 4.79 Å². The molecule has 3 rings (SSSR count). The van der Waals surface area contributed by atoms with Crippen molar-refractivity contribution in [2.75, 3.05) is 7.11 Å². The first-order chi connectivity index (χ1) is 10.3. The number of fused-ring (bicyclic) bond motifs is 1. The van der Waals surface area contributed by atoms with E-state index in [4.69, 9.17) is 4.74 Å². The molecule has 0 aliphatic carbocycles. The third-order valence-electron chi connectivity index (χ3n) is 2.99. The fourth-order valence-electron chi connectivity index (χ4n) is 2.00. The summed E-state index contributed by atoms with van der Waals surface area (Å²) in [6.07, 6.45) is 1.70. The highest BCUT2D eigenvalue weighted by atomic mass is 32.1. The zero-order valence-corrected chi connectivity index (χ0v) is 12.2. The third kappa shape index (κ3) is 3.09. The van der Waals surface area contributed by atoms with E-state index in [1.165, 1.54) is 11.3 Å². The number of hydrogen-bond acceptors (Lipinski definition) is 6. The molecular formula is C14H14N4O2S. The lowest BCUT2D eigenvalue weighted by Gasteiger charge is -2.06. The molecule has 3 heterocycles. The minimum atomic E-state index is -0.0858. The molecule has 0 amide bonds. The number of nitrogens with one attached hydrogen (secondary N) is 2. The van der Waals surface area contributed by atoms with Gasteiger partial charge in [0.25, 0.3) is 5.56 Å². The second-order valence-corrected chi connectivity index (χ2v) is 5.37. The molecule has 0 saturated heterocycles. The normalized spacial score (nSPS) is 10.9. The number of H-pyrrole nitrogens is 1. The van der Waals surface area contributed by atoms with Gasteiger partial charge >= 0.3 is 0 Å². The van der Waals surface area contributed by atoms with Gasteiger partial charge in [0.05, 0.1) is 19.2 Å². The summed E-state index contributed by atoms with van der Waals surface area (Å²) in [4.78, 5) is 23.1. The van der Waals surface area contributed by atoms with Crippen LogP contribution >= 0.6 is 11.3 Å². The lowest BCUT2D eigenvalue weighted by Crippen LogP contribution is -2.18. The van der Waals surface area contributed by atoms with Crippen molar-refractivity contribution < 1.29 is 4.74 Å². The van der Waals surface area contributed by atoms with E-state index in [2.05, 4.69) is 20.3 Å². The number of methoxy groups -OCH3 is 1. The van der Waals surface area contributed by atoms with Crippen molar-refractivity contribution in [2.45, 2.75) is 13.1 Å². The van der Waals surface area contributed by atoms with Crippen molar-refractivity contribution in [1.82, 2.24) is 20.3 Å². The number of pyridine rings is 1. The molecule has 2 N–H and O–H groups in total. The van der Waals surface area contributed by atoms with Crippen molar-refractivity contribution >= 4 is 21.6 Å². The van der Waals surface area contributed by atoms with E-state index in [0.717, 1.165) is 11.1 Å². The van der Waals surface area contributed by atoms with Crippen LogP contribution in [0.25, 0.3) is 10.2 Å². The minimum Gasteiger partial charge on any atom is -0.481 e. The molecule has 0 aliphatic rings. The van der Waals surface area contributed by atoms with Crippen molar-refractivity contribution in [1.29, 1.82) is 0 Å². The van der Waals surface area contributed by atoms with Crippen LogP contribution < -0.4 is 15.6 Å². The first kappa shape index (κ1) is 13.7. The fourth-order valence-corrected chi connectivity index (χ4v) is 2.73. The molecule has 0 aliphatic heterocycles. The van der Waals surface area contributed by atoms with Crippen LogP contribution in [0.1, 0.15) is 11.4 Å². The summed E-state index contributed by atoms with van der Waals surface area (Å²) >= 11 is 1.40. The second-order valence-electron chi connectivity index (χ2n) is 4.46. The Morgan fingerprint density at radius 1 is 1.38 bits per heavy atom. The number of nitrogens with zero attached hydrogens (tertiary/aromatic N) is 2. The smallest absolute Gasteiger partial charge is 0.268 e. The van der Waals surface area contributed by atoms with E-state index in [1.54, 1.807) is 13.3 Å². The van der Waals surface area contributed by atoms with Crippen molar-refractivity contribution in [2.24, 2.45) is 0 Å². The van der Waals surface area contributed by atoms with E-state index < -0.39 is 0 Å². The summed E-state index contributed by atoms with van der Waals surface area (Å²) in [6, 6.07) is 5.63. The maximum Gasteiger partial charge on any atom is 0.268 e. The number of aromatic nitrogens is 3. The maximum absolute atomic E-state index is 11.8. The average Bonchev–Trinajstić information content (AvgIpc) is 2.96. The van der Waals surface area contributed by atoms with Gasteiger partial charge in [-0.05, 0) is 23.1 Å². The topological polar surface area (TPSA) is 79.9 Å². The van der Waals surface area contributed by atoms with Gasteiger partial charge in [0, 0.05) is 18.8 Å². The minimum absolute atomic E-state index is 0.0858. The summed E-state index contributed by atoms with van der Waals surface area (Å²) in [5.74, 6) is 1.22. The summed E-state index contributed by atoms with van der Waals surface area (Å²) in [6.45, 7) is 1.13. The summed E-state index contributed by atoms with van der Waals surface area (Å²) < 4.78 is 5.74. The highest BCUT2D eigenvalue weighted by molar-refractivity contribution is 7.17. The Labute approximate surface area is 124 Å². The lowest BCUT2D eigenvalue weighted by atomic mass is 10.2. The molecule has 0 saturated carbocycles. The molecule has 7 heteroatoms. The molecule has 0 aromatic carbocycles. The van der Waals surface area contributed by atoms with Crippen LogP contribution in [0, 0.1) is 0 Å². The fraction of sp³-hybridized carbons (Fsp3) is 0.214. The number of hydrogen-bond donors (Lipinski definition) is 2. The van der Waals surface area contributed by atoms with Gasteiger partial charge < -0.3 is 15.0 Å². The van der Waals surface area contributed by atoms with E-state index in [0.29, 0.717) is 29.5 Å². The van der Waals surface area contributed by atoms with Crippen LogP contribution in [0.3, 0.4) is 0 Å². The molecule has 6 nitrogen and oxygen atoms in total. The van der Waals surface area contributed by atoms with Crippen LogP contribution in [0.2, 0.25) is 0 Å². The largest absolute Gasteiger partial charge is 0.481 e. The lowest BCUT2D eigenvalue weighted by molar-refractivity contribution is 0.397. The Balaban J connectivity index is 1.67. The SMILES string of the molecule is COc1cc(CNCc2nc3ccsc3c(=O)[nH]2)ccn1. The molecule has 21 heavy (non-hydrogen) atoms. The van der Waals surface area contributed by atoms with Gasteiger partial charge in [0.2, 0.25) is 5.88 Å². The highest BCUT2D eigenvalue weighted by Gasteiger charge is 2.04. The first-order valence-corrected chi connectivity index (χ1v) is 7.30. The van der Waals surface area contributed by atoms with Gasteiger partial charge in [-0.15, -0.1) is 11.3 Å².